The molecule has 1 aromatic carbocycles. The highest BCUT2D eigenvalue weighted by atomic mass is 16.5. The molecule has 7 heteroatoms. The number of hydrogen-bond acceptors (Lipinski definition) is 4. The lowest BCUT2D eigenvalue weighted by Crippen LogP contribution is -2.32. The van der Waals surface area contributed by atoms with Gasteiger partial charge in [0, 0.05) is 6.07 Å². The number of hydrogen-bond donors (Lipinski definition) is 3. The van der Waals surface area contributed by atoms with E-state index in [1.165, 1.54) is 6.07 Å². The molecule has 110 valence electrons. The molecular weight excluding hydrogens is 274 g/mol. The van der Waals surface area contributed by atoms with Crippen molar-refractivity contribution in [1.29, 1.82) is 0 Å². The molecule has 0 aliphatic heterocycles. The van der Waals surface area contributed by atoms with Crippen LogP contribution in [-0.4, -0.2) is 33.3 Å². The Bertz CT molecular complexity index is 624. The number of nitrogens with zero attached hydrogens (tertiary/aromatic N) is 1. The lowest BCUT2D eigenvalue weighted by atomic mass is 10.2. The zero-order valence-electron chi connectivity index (χ0n) is 11.4. The lowest BCUT2D eigenvalue weighted by molar-refractivity contribution is -0.122. The third-order valence-corrected chi connectivity index (χ3v) is 2.74. The number of carboxylic acid groups (broad SMARTS) is 1. The van der Waals surface area contributed by atoms with Crippen LogP contribution in [0, 0.1) is 0 Å². The summed E-state index contributed by atoms with van der Waals surface area (Å²) in [4.78, 5) is 22.8. The summed E-state index contributed by atoms with van der Waals surface area (Å²) in [7, 11) is 0. The van der Waals surface area contributed by atoms with Crippen molar-refractivity contribution in [3.63, 3.8) is 0 Å². The SMILES string of the molecule is CCC(Oc1ccccc1)C(=O)Nc1cc(C(=O)O)[nH]n1. The number of H-pyrrole nitrogens is 1. The van der Waals surface area contributed by atoms with Crippen molar-refractivity contribution in [3.8, 4) is 5.75 Å². The molecule has 1 unspecified atom stereocenters. The number of amides is 1. The van der Waals surface area contributed by atoms with Crippen LogP contribution >= 0.6 is 0 Å². The fraction of sp³-hybridized carbons (Fsp3) is 0.214. The van der Waals surface area contributed by atoms with Gasteiger partial charge in [-0.1, -0.05) is 25.1 Å². The minimum Gasteiger partial charge on any atom is -0.481 e. The fourth-order valence-electron chi connectivity index (χ4n) is 1.69. The van der Waals surface area contributed by atoms with Crippen molar-refractivity contribution in [2.45, 2.75) is 19.4 Å². The van der Waals surface area contributed by atoms with Gasteiger partial charge < -0.3 is 15.2 Å². The number of carbonyl (C=O) groups is 2. The standard InChI is InChI=1S/C14H15N3O4/c1-2-11(21-9-6-4-3-5-7-9)13(18)15-12-8-10(14(19)20)16-17-12/h3-8,11H,2H2,1H3,(H,19,20)(H2,15,16,17,18). The predicted molar refractivity (Wildman–Crippen MR) is 75.3 cm³/mol. The second-order valence-corrected chi connectivity index (χ2v) is 4.29. The Balaban J connectivity index is 2.01. The Hall–Kier alpha value is -2.83. The Morgan fingerprint density at radius 1 is 1.38 bits per heavy atom. The first-order chi connectivity index (χ1) is 10.1. The van der Waals surface area contributed by atoms with Crippen LogP contribution in [0.25, 0.3) is 0 Å². The maximum Gasteiger partial charge on any atom is 0.353 e. The molecule has 0 aliphatic rings. The van der Waals surface area contributed by atoms with E-state index in [0.717, 1.165) is 0 Å². The van der Waals surface area contributed by atoms with E-state index < -0.39 is 12.1 Å². The number of aromatic amines is 1. The molecule has 1 atom stereocenters. The second-order valence-electron chi connectivity index (χ2n) is 4.29. The zero-order valence-corrected chi connectivity index (χ0v) is 11.4. The van der Waals surface area contributed by atoms with Gasteiger partial charge in [0.2, 0.25) is 0 Å². The number of rotatable bonds is 6. The van der Waals surface area contributed by atoms with E-state index in [2.05, 4.69) is 15.5 Å². The van der Waals surface area contributed by atoms with Crippen molar-refractivity contribution in [3.05, 3.63) is 42.1 Å². The van der Waals surface area contributed by atoms with Crippen molar-refractivity contribution in [2.24, 2.45) is 0 Å². The van der Waals surface area contributed by atoms with Gasteiger partial charge in [0.1, 0.15) is 11.4 Å². The topological polar surface area (TPSA) is 104 Å². The molecule has 0 spiro atoms. The van der Waals surface area contributed by atoms with E-state index in [0.29, 0.717) is 12.2 Å². The Kier molecular flexibility index (Phi) is 4.55. The van der Waals surface area contributed by atoms with Crippen molar-refractivity contribution in [1.82, 2.24) is 10.2 Å². The Morgan fingerprint density at radius 2 is 2.10 bits per heavy atom. The lowest BCUT2D eigenvalue weighted by Gasteiger charge is -2.16. The highest BCUT2D eigenvalue weighted by molar-refractivity contribution is 5.95. The quantitative estimate of drug-likeness (QED) is 0.753. The average molecular weight is 289 g/mol. The number of benzene rings is 1. The maximum atomic E-state index is 12.1. The van der Waals surface area contributed by atoms with Crippen LogP contribution < -0.4 is 10.1 Å². The largest absolute Gasteiger partial charge is 0.481 e. The van der Waals surface area contributed by atoms with Gasteiger partial charge in [-0.3, -0.25) is 9.89 Å². The molecule has 0 saturated heterocycles. The van der Waals surface area contributed by atoms with E-state index in [1.807, 2.05) is 25.1 Å². The molecule has 1 aromatic heterocycles. The molecular formula is C14H15N3O4. The van der Waals surface area contributed by atoms with Gasteiger partial charge in [-0.2, -0.15) is 5.10 Å². The van der Waals surface area contributed by atoms with Crippen LogP contribution in [-0.2, 0) is 4.79 Å². The van der Waals surface area contributed by atoms with Crippen LogP contribution in [0.4, 0.5) is 5.82 Å². The molecule has 0 radical (unpaired) electrons. The van der Waals surface area contributed by atoms with Gasteiger partial charge in [-0.05, 0) is 18.6 Å². The van der Waals surface area contributed by atoms with Crippen molar-refractivity contribution >= 4 is 17.7 Å². The van der Waals surface area contributed by atoms with Gasteiger partial charge in [0.05, 0.1) is 0 Å². The van der Waals surface area contributed by atoms with Crippen molar-refractivity contribution in [2.75, 3.05) is 5.32 Å². The van der Waals surface area contributed by atoms with E-state index in [-0.39, 0.29) is 17.4 Å². The summed E-state index contributed by atoms with van der Waals surface area (Å²) in [5, 5.41) is 17.3. The van der Waals surface area contributed by atoms with E-state index >= 15 is 0 Å². The number of aromatic nitrogens is 2. The molecule has 0 aliphatic carbocycles. The summed E-state index contributed by atoms with van der Waals surface area (Å²) >= 11 is 0. The molecule has 2 rings (SSSR count). The molecule has 0 bridgehead atoms. The average Bonchev–Trinajstić information content (AvgIpc) is 2.94. The summed E-state index contributed by atoms with van der Waals surface area (Å²) in [6, 6.07) is 10.2. The summed E-state index contributed by atoms with van der Waals surface area (Å²) < 4.78 is 5.59. The summed E-state index contributed by atoms with van der Waals surface area (Å²) in [6.45, 7) is 1.82. The number of ether oxygens (including phenoxy) is 1. The van der Waals surface area contributed by atoms with Crippen LogP contribution in [0.5, 0.6) is 5.75 Å². The molecule has 21 heavy (non-hydrogen) atoms. The summed E-state index contributed by atoms with van der Waals surface area (Å²) in [5.74, 6) is -0.791. The van der Waals surface area contributed by atoms with Crippen LogP contribution in [0.1, 0.15) is 23.8 Å². The predicted octanol–water partition coefficient (Wildman–Crippen LogP) is 1.90. The normalized spacial score (nSPS) is 11.7. The maximum absolute atomic E-state index is 12.1. The molecule has 1 heterocycles. The first kappa shape index (κ1) is 14.6. The fourth-order valence-corrected chi connectivity index (χ4v) is 1.69. The van der Waals surface area contributed by atoms with Gasteiger partial charge >= 0.3 is 5.97 Å². The molecule has 1 amide bonds. The number of carbonyl (C=O) groups excluding carboxylic acids is 1. The number of anilines is 1. The molecule has 3 N–H and O–H groups in total. The molecule has 2 aromatic rings. The first-order valence-electron chi connectivity index (χ1n) is 6.41. The van der Waals surface area contributed by atoms with Gasteiger partial charge in [0.15, 0.2) is 11.9 Å². The second kappa shape index (κ2) is 6.56. The number of aromatic carboxylic acids is 1. The number of nitrogens with one attached hydrogen (secondary N) is 2. The van der Waals surface area contributed by atoms with E-state index in [4.69, 9.17) is 9.84 Å². The number of para-hydroxylation sites is 1. The van der Waals surface area contributed by atoms with Gasteiger partial charge in [-0.25, -0.2) is 4.79 Å². The van der Waals surface area contributed by atoms with Crippen LogP contribution in [0.3, 0.4) is 0 Å². The van der Waals surface area contributed by atoms with Gasteiger partial charge in [0.25, 0.3) is 5.91 Å². The third kappa shape index (κ3) is 3.82. The monoisotopic (exact) mass is 289 g/mol. The summed E-state index contributed by atoms with van der Waals surface area (Å²) in [5.41, 5.74) is -0.0951. The van der Waals surface area contributed by atoms with Gasteiger partial charge in [-0.15, -0.1) is 0 Å². The number of carboxylic acids is 1. The van der Waals surface area contributed by atoms with Crippen molar-refractivity contribution < 1.29 is 19.4 Å². The van der Waals surface area contributed by atoms with Crippen LogP contribution in [0.15, 0.2) is 36.4 Å². The first-order valence-corrected chi connectivity index (χ1v) is 6.41. The third-order valence-electron chi connectivity index (χ3n) is 2.74. The molecule has 0 saturated carbocycles. The zero-order chi connectivity index (χ0) is 15.2. The minimum absolute atomic E-state index is 0.0951. The Labute approximate surface area is 120 Å². The smallest absolute Gasteiger partial charge is 0.353 e. The Morgan fingerprint density at radius 3 is 2.67 bits per heavy atom. The molecule has 0 fully saturated rings. The van der Waals surface area contributed by atoms with E-state index in [1.54, 1.807) is 12.1 Å². The summed E-state index contributed by atoms with van der Waals surface area (Å²) in [6.07, 6.45) is -0.214. The molecule has 7 nitrogen and oxygen atoms in total. The van der Waals surface area contributed by atoms with Crippen LogP contribution in [0.2, 0.25) is 0 Å². The highest BCUT2D eigenvalue weighted by Gasteiger charge is 2.20. The van der Waals surface area contributed by atoms with E-state index in [9.17, 15) is 9.59 Å². The highest BCUT2D eigenvalue weighted by Crippen LogP contribution is 2.14. The minimum atomic E-state index is -1.14.